The van der Waals surface area contributed by atoms with Crippen molar-refractivity contribution in [2.24, 2.45) is 0 Å². The Hall–Kier alpha value is -4.34. The number of hydrogen-bond donors (Lipinski definition) is 0. The molecule has 0 aliphatic carbocycles. The molecular weight excluding hydrogens is 446 g/mol. The Kier molecular flexibility index (Phi) is 3.85. The zero-order chi connectivity index (χ0) is 22.9. The Morgan fingerprint density at radius 2 is 1.29 bits per heavy atom. The number of benzene rings is 5. The predicted octanol–water partition coefficient (Wildman–Crippen LogP) is 9.56. The van der Waals surface area contributed by atoms with Crippen LogP contribution in [0.4, 0.5) is 0 Å². The molecule has 0 fully saturated rings. The molecule has 3 aromatic heterocycles. The molecule has 0 atom stereocenters. The van der Waals surface area contributed by atoms with E-state index in [9.17, 15) is 0 Å². The molecule has 164 valence electrons. The summed E-state index contributed by atoms with van der Waals surface area (Å²) in [4.78, 5) is 0. The summed E-state index contributed by atoms with van der Waals surface area (Å²) in [5, 5.41) is 4.91. The van der Waals surface area contributed by atoms with Crippen LogP contribution in [0.3, 0.4) is 0 Å². The number of furan rings is 1. The molecule has 0 saturated heterocycles. The first-order chi connectivity index (χ1) is 17.4. The van der Waals surface area contributed by atoms with Crippen LogP contribution in [0.1, 0.15) is 0 Å². The van der Waals surface area contributed by atoms with E-state index in [1.165, 1.54) is 48.0 Å². The molecule has 0 N–H and O–H groups in total. The Bertz CT molecular complexity index is 2060. The van der Waals surface area contributed by atoms with Crippen LogP contribution in [-0.4, -0.2) is 4.57 Å². The second-order valence-electron chi connectivity index (χ2n) is 8.96. The van der Waals surface area contributed by atoms with E-state index in [1.807, 2.05) is 23.5 Å². The van der Waals surface area contributed by atoms with Gasteiger partial charge < -0.3 is 8.98 Å². The standard InChI is InChI=1S/C32H19NOS/c1-2-9-21(10-3-1)33-27-15-6-4-12-25(27)32-30(33)26-14-8-13-22(31(26)35-32)20-17-18-24-23-11-5-7-16-28(23)34-29(24)19-20/h1-19H. The number of fused-ring (bicyclic) bond motifs is 8. The Morgan fingerprint density at radius 1 is 0.543 bits per heavy atom. The van der Waals surface area contributed by atoms with Crippen molar-refractivity contribution in [1.29, 1.82) is 0 Å². The monoisotopic (exact) mass is 465 g/mol. The minimum Gasteiger partial charge on any atom is -0.456 e. The number of aromatic nitrogens is 1. The Labute approximate surface area is 205 Å². The molecule has 0 unspecified atom stereocenters. The van der Waals surface area contributed by atoms with Crippen molar-refractivity contribution in [3.05, 3.63) is 115 Å². The highest BCUT2D eigenvalue weighted by atomic mass is 32.1. The first-order valence-corrected chi connectivity index (χ1v) is 12.6. The van der Waals surface area contributed by atoms with Crippen molar-refractivity contribution < 1.29 is 4.42 Å². The molecular formula is C32H19NOS. The third-order valence-corrected chi connectivity index (χ3v) is 8.27. The lowest BCUT2D eigenvalue weighted by molar-refractivity contribution is 0.669. The Morgan fingerprint density at radius 3 is 2.20 bits per heavy atom. The maximum Gasteiger partial charge on any atom is 0.136 e. The second kappa shape index (κ2) is 7.08. The molecule has 3 heteroatoms. The average molecular weight is 466 g/mol. The highest BCUT2D eigenvalue weighted by Crippen LogP contribution is 2.45. The van der Waals surface area contributed by atoms with Gasteiger partial charge in [-0.3, -0.25) is 0 Å². The molecule has 8 aromatic rings. The van der Waals surface area contributed by atoms with Gasteiger partial charge in [0.2, 0.25) is 0 Å². The molecule has 5 aromatic carbocycles. The summed E-state index contributed by atoms with van der Waals surface area (Å²) in [7, 11) is 0. The van der Waals surface area contributed by atoms with Gasteiger partial charge in [-0.05, 0) is 47.5 Å². The fourth-order valence-electron chi connectivity index (χ4n) is 5.46. The maximum absolute atomic E-state index is 6.20. The van der Waals surface area contributed by atoms with E-state index >= 15 is 0 Å². The molecule has 3 heterocycles. The largest absolute Gasteiger partial charge is 0.456 e. The van der Waals surface area contributed by atoms with Crippen molar-refractivity contribution in [2.45, 2.75) is 0 Å². The quantitative estimate of drug-likeness (QED) is 0.248. The van der Waals surface area contributed by atoms with Crippen molar-refractivity contribution >= 4 is 64.5 Å². The van der Waals surface area contributed by atoms with Crippen LogP contribution in [0, 0.1) is 0 Å². The minimum atomic E-state index is 0.932. The van der Waals surface area contributed by atoms with Gasteiger partial charge in [-0.1, -0.05) is 78.9 Å². The lowest BCUT2D eigenvalue weighted by atomic mass is 10.0. The van der Waals surface area contributed by atoms with E-state index in [4.69, 9.17) is 4.42 Å². The third kappa shape index (κ3) is 2.64. The molecule has 2 nitrogen and oxygen atoms in total. The summed E-state index contributed by atoms with van der Waals surface area (Å²) < 4.78 is 11.3. The van der Waals surface area contributed by atoms with E-state index in [0.29, 0.717) is 0 Å². The Balaban J connectivity index is 1.44. The normalized spacial score (nSPS) is 12.0. The van der Waals surface area contributed by atoms with Gasteiger partial charge >= 0.3 is 0 Å². The van der Waals surface area contributed by atoms with Crippen molar-refractivity contribution in [2.75, 3.05) is 0 Å². The number of rotatable bonds is 2. The van der Waals surface area contributed by atoms with E-state index in [2.05, 4.69) is 108 Å². The van der Waals surface area contributed by atoms with E-state index in [1.54, 1.807) is 0 Å². The van der Waals surface area contributed by atoms with Crippen molar-refractivity contribution in [1.82, 2.24) is 4.57 Å². The third-order valence-electron chi connectivity index (χ3n) is 7.01. The molecule has 0 radical (unpaired) electrons. The average Bonchev–Trinajstić information content (AvgIpc) is 3.57. The van der Waals surface area contributed by atoms with Gasteiger partial charge in [0.05, 0.1) is 15.7 Å². The first-order valence-electron chi connectivity index (χ1n) is 11.8. The van der Waals surface area contributed by atoms with Gasteiger partial charge in [-0.2, -0.15) is 0 Å². The van der Waals surface area contributed by atoms with Crippen LogP contribution in [0.2, 0.25) is 0 Å². The van der Waals surface area contributed by atoms with E-state index in [-0.39, 0.29) is 0 Å². The number of thiophene rings is 1. The SMILES string of the molecule is c1ccc(-n2c3ccccc3c3sc4c(-c5ccc6c(c5)oc5ccccc56)cccc4c32)cc1. The second-order valence-corrected chi connectivity index (χ2v) is 9.98. The molecule has 35 heavy (non-hydrogen) atoms. The van der Waals surface area contributed by atoms with Crippen molar-refractivity contribution in [3.63, 3.8) is 0 Å². The molecule has 0 saturated carbocycles. The van der Waals surface area contributed by atoms with E-state index in [0.717, 1.165) is 21.9 Å². The summed E-state index contributed by atoms with van der Waals surface area (Å²) in [6, 6.07) is 40.9. The zero-order valence-corrected chi connectivity index (χ0v) is 19.5. The zero-order valence-electron chi connectivity index (χ0n) is 18.7. The summed E-state index contributed by atoms with van der Waals surface area (Å²) in [6.07, 6.45) is 0. The van der Waals surface area contributed by atoms with Gasteiger partial charge in [0, 0.05) is 31.9 Å². The van der Waals surface area contributed by atoms with Gasteiger partial charge in [-0.25, -0.2) is 0 Å². The van der Waals surface area contributed by atoms with Crippen LogP contribution in [0.5, 0.6) is 0 Å². The summed E-state index contributed by atoms with van der Waals surface area (Å²) in [5.41, 5.74) is 8.01. The smallest absolute Gasteiger partial charge is 0.136 e. The molecule has 0 bridgehead atoms. The molecule has 0 amide bonds. The molecule has 0 aliphatic heterocycles. The predicted molar refractivity (Wildman–Crippen MR) is 149 cm³/mol. The van der Waals surface area contributed by atoms with Crippen molar-refractivity contribution in [3.8, 4) is 16.8 Å². The lowest BCUT2D eigenvalue weighted by Crippen LogP contribution is -1.92. The highest BCUT2D eigenvalue weighted by Gasteiger charge is 2.19. The first kappa shape index (κ1) is 19.0. The topological polar surface area (TPSA) is 18.1 Å². The fourth-order valence-corrected chi connectivity index (χ4v) is 6.81. The number of hydrogen-bond acceptors (Lipinski definition) is 2. The van der Waals surface area contributed by atoms with Gasteiger partial charge in [0.15, 0.2) is 0 Å². The maximum atomic E-state index is 6.20. The number of nitrogens with zero attached hydrogens (tertiary/aromatic N) is 1. The highest BCUT2D eigenvalue weighted by molar-refractivity contribution is 7.27. The van der Waals surface area contributed by atoms with E-state index < -0.39 is 0 Å². The summed E-state index contributed by atoms with van der Waals surface area (Å²) in [5.74, 6) is 0. The van der Waals surface area contributed by atoms with Gasteiger partial charge in [-0.15, -0.1) is 11.3 Å². The lowest BCUT2D eigenvalue weighted by Gasteiger charge is -2.08. The van der Waals surface area contributed by atoms with Crippen LogP contribution in [0.25, 0.3) is 70.0 Å². The molecule has 0 aliphatic rings. The van der Waals surface area contributed by atoms with Gasteiger partial charge in [0.25, 0.3) is 0 Å². The summed E-state index contributed by atoms with van der Waals surface area (Å²) in [6.45, 7) is 0. The summed E-state index contributed by atoms with van der Waals surface area (Å²) >= 11 is 1.89. The van der Waals surface area contributed by atoms with Crippen LogP contribution in [0.15, 0.2) is 120 Å². The number of para-hydroxylation sites is 3. The fraction of sp³-hybridized carbons (Fsp3) is 0. The van der Waals surface area contributed by atoms with Crippen LogP contribution >= 0.6 is 11.3 Å². The molecule has 0 spiro atoms. The van der Waals surface area contributed by atoms with Gasteiger partial charge in [0.1, 0.15) is 11.2 Å². The van der Waals surface area contributed by atoms with Crippen LogP contribution < -0.4 is 0 Å². The minimum absolute atomic E-state index is 0.932. The van der Waals surface area contributed by atoms with Crippen LogP contribution in [-0.2, 0) is 0 Å². The molecule has 8 rings (SSSR count).